The number of hydrogen-bond acceptors (Lipinski definition) is 3. The lowest BCUT2D eigenvalue weighted by atomic mass is 10.1. The molecule has 0 saturated carbocycles. The van der Waals surface area contributed by atoms with E-state index in [2.05, 4.69) is 10.3 Å². The highest BCUT2D eigenvalue weighted by Crippen LogP contribution is 2.39. The predicted molar refractivity (Wildman–Crippen MR) is 96.4 cm³/mol. The molecule has 3 aromatic rings. The summed E-state index contributed by atoms with van der Waals surface area (Å²) in [6.07, 6.45) is 1.78. The second-order valence-corrected chi connectivity index (χ2v) is 6.24. The highest BCUT2D eigenvalue weighted by Gasteiger charge is 2.27. The number of nitrogens with one attached hydrogen (secondary N) is 2. The molecule has 5 nitrogen and oxygen atoms in total. The van der Waals surface area contributed by atoms with Crippen molar-refractivity contribution < 1.29 is 14.3 Å². The fraction of sp³-hybridized carbons (Fsp3) is 0.250. The quantitative estimate of drug-likeness (QED) is 0.765. The molecule has 0 unspecified atom stereocenters. The second-order valence-electron chi connectivity index (χ2n) is 6.24. The van der Waals surface area contributed by atoms with Crippen molar-refractivity contribution in [2.24, 2.45) is 0 Å². The van der Waals surface area contributed by atoms with E-state index in [9.17, 15) is 4.79 Å². The van der Waals surface area contributed by atoms with E-state index in [1.807, 2.05) is 42.5 Å². The van der Waals surface area contributed by atoms with Gasteiger partial charge in [-0.05, 0) is 48.2 Å². The van der Waals surface area contributed by atoms with Gasteiger partial charge in [-0.1, -0.05) is 18.2 Å². The van der Waals surface area contributed by atoms with Crippen LogP contribution in [0.3, 0.4) is 0 Å². The van der Waals surface area contributed by atoms with Gasteiger partial charge in [0.25, 0.3) is 5.91 Å². The molecular formula is C20H20N2O3. The number of carbonyl (C=O) groups excluding carboxylic acids is 1. The monoisotopic (exact) mass is 336 g/mol. The lowest BCUT2D eigenvalue weighted by molar-refractivity contribution is 0.0932. The van der Waals surface area contributed by atoms with Crippen molar-refractivity contribution in [3.05, 3.63) is 59.3 Å². The Hall–Kier alpha value is -2.95. The average molecular weight is 336 g/mol. The van der Waals surface area contributed by atoms with E-state index in [1.54, 1.807) is 14.2 Å². The maximum absolute atomic E-state index is 12.7. The molecule has 1 atom stereocenters. The van der Waals surface area contributed by atoms with Crippen LogP contribution >= 0.6 is 0 Å². The molecular weight excluding hydrogens is 316 g/mol. The molecule has 0 radical (unpaired) electrons. The lowest BCUT2D eigenvalue weighted by Crippen LogP contribution is -2.27. The third-order valence-electron chi connectivity index (χ3n) is 4.80. The largest absolute Gasteiger partial charge is 0.493 e. The van der Waals surface area contributed by atoms with Crippen molar-refractivity contribution in [2.45, 2.75) is 18.9 Å². The molecule has 0 spiro atoms. The lowest BCUT2D eigenvalue weighted by Gasteiger charge is -2.16. The van der Waals surface area contributed by atoms with Gasteiger partial charge < -0.3 is 19.8 Å². The third-order valence-corrected chi connectivity index (χ3v) is 4.80. The minimum absolute atomic E-state index is 0.0197. The summed E-state index contributed by atoms with van der Waals surface area (Å²) < 4.78 is 10.8. The molecule has 1 amide bonds. The zero-order chi connectivity index (χ0) is 17.4. The number of fused-ring (bicyclic) bond motifs is 2. The molecule has 0 saturated heterocycles. The standard InChI is InChI=1S/C20H20N2O3/c1-24-18-10-12-7-8-16(14(12)11-19(18)25-2)22-20(23)17-9-13-5-3-4-6-15(13)21-17/h3-6,9-11,16,21H,7-8H2,1-2H3,(H,22,23)/t16-/m0/s1. The Labute approximate surface area is 146 Å². The van der Waals surface area contributed by atoms with Crippen molar-refractivity contribution in [1.29, 1.82) is 0 Å². The van der Waals surface area contributed by atoms with Crippen LogP contribution in [-0.4, -0.2) is 25.1 Å². The molecule has 0 aliphatic heterocycles. The zero-order valence-corrected chi connectivity index (χ0v) is 14.3. The highest BCUT2D eigenvalue weighted by atomic mass is 16.5. The van der Waals surface area contributed by atoms with Crippen LogP contribution < -0.4 is 14.8 Å². The maximum Gasteiger partial charge on any atom is 0.268 e. The normalized spacial score (nSPS) is 15.8. The number of ether oxygens (including phenoxy) is 2. The first-order chi connectivity index (χ1) is 12.2. The van der Waals surface area contributed by atoms with Gasteiger partial charge in [0, 0.05) is 10.9 Å². The first-order valence-electron chi connectivity index (χ1n) is 8.33. The second kappa shape index (κ2) is 6.16. The number of carbonyl (C=O) groups is 1. The number of aromatic amines is 1. The minimum atomic E-state index is -0.0937. The summed E-state index contributed by atoms with van der Waals surface area (Å²) >= 11 is 0. The van der Waals surface area contributed by atoms with Crippen molar-refractivity contribution in [3.8, 4) is 11.5 Å². The highest BCUT2D eigenvalue weighted by molar-refractivity contribution is 5.98. The van der Waals surface area contributed by atoms with Gasteiger partial charge in [0.1, 0.15) is 5.69 Å². The molecule has 5 heteroatoms. The Morgan fingerprint density at radius 3 is 2.64 bits per heavy atom. The number of H-pyrrole nitrogens is 1. The van der Waals surface area contributed by atoms with E-state index in [1.165, 1.54) is 5.56 Å². The summed E-state index contributed by atoms with van der Waals surface area (Å²) in [6.45, 7) is 0. The fourth-order valence-electron chi connectivity index (χ4n) is 3.51. The molecule has 2 aromatic carbocycles. The molecule has 1 aliphatic rings. The molecule has 1 aromatic heterocycles. The van der Waals surface area contributed by atoms with Crippen LogP contribution in [0.5, 0.6) is 11.5 Å². The predicted octanol–water partition coefficient (Wildman–Crippen LogP) is 3.60. The Kier molecular flexibility index (Phi) is 3.84. The number of aromatic nitrogens is 1. The van der Waals surface area contributed by atoms with Crippen LogP contribution in [-0.2, 0) is 6.42 Å². The zero-order valence-electron chi connectivity index (χ0n) is 14.3. The number of amides is 1. The van der Waals surface area contributed by atoms with Crippen LogP contribution in [0, 0.1) is 0 Å². The molecule has 1 heterocycles. The van der Waals surface area contributed by atoms with Gasteiger partial charge in [0.15, 0.2) is 11.5 Å². The van der Waals surface area contributed by atoms with E-state index in [4.69, 9.17) is 9.47 Å². The number of rotatable bonds is 4. The van der Waals surface area contributed by atoms with Crippen molar-refractivity contribution >= 4 is 16.8 Å². The molecule has 4 rings (SSSR count). The number of hydrogen-bond donors (Lipinski definition) is 2. The van der Waals surface area contributed by atoms with E-state index in [0.29, 0.717) is 11.4 Å². The molecule has 2 N–H and O–H groups in total. The van der Waals surface area contributed by atoms with Gasteiger partial charge in [-0.15, -0.1) is 0 Å². The Balaban J connectivity index is 1.59. The summed E-state index contributed by atoms with van der Waals surface area (Å²) in [5.41, 5.74) is 3.84. The number of benzene rings is 2. The molecule has 25 heavy (non-hydrogen) atoms. The first-order valence-corrected chi connectivity index (χ1v) is 8.33. The molecule has 0 fully saturated rings. The van der Waals surface area contributed by atoms with Crippen molar-refractivity contribution in [3.63, 3.8) is 0 Å². The van der Waals surface area contributed by atoms with Gasteiger partial charge in [-0.25, -0.2) is 0 Å². The third kappa shape index (κ3) is 2.71. The fourth-order valence-corrected chi connectivity index (χ4v) is 3.51. The summed E-state index contributed by atoms with van der Waals surface area (Å²) in [6, 6.07) is 13.7. The molecule has 1 aliphatic carbocycles. The summed E-state index contributed by atoms with van der Waals surface area (Å²) in [5.74, 6) is 1.32. The van der Waals surface area contributed by atoms with Crippen LogP contribution in [0.4, 0.5) is 0 Å². The topological polar surface area (TPSA) is 63.4 Å². The van der Waals surface area contributed by atoms with E-state index in [0.717, 1.165) is 35.1 Å². The van der Waals surface area contributed by atoms with Gasteiger partial charge in [-0.2, -0.15) is 0 Å². The van der Waals surface area contributed by atoms with Gasteiger partial charge in [0.2, 0.25) is 0 Å². The SMILES string of the molecule is COc1cc2c(cc1OC)[C@@H](NC(=O)c1cc3ccccc3[nH]1)CC2. The van der Waals surface area contributed by atoms with Gasteiger partial charge in [0.05, 0.1) is 20.3 Å². The van der Waals surface area contributed by atoms with Gasteiger partial charge >= 0.3 is 0 Å². The minimum Gasteiger partial charge on any atom is -0.493 e. The van der Waals surface area contributed by atoms with E-state index in [-0.39, 0.29) is 11.9 Å². The van der Waals surface area contributed by atoms with Crippen molar-refractivity contribution in [2.75, 3.05) is 14.2 Å². The van der Waals surface area contributed by atoms with Crippen LogP contribution in [0.25, 0.3) is 10.9 Å². The van der Waals surface area contributed by atoms with E-state index >= 15 is 0 Å². The summed E-state index contributed by atoms with van der Waals surface area (Å²) in [4.78, 5) is 15.8. The van der Waals surface area contributed by atoms with E-state index < -0.39 is 0 Å². The number of para-hydroxylation sites is 1. The maximum atomic E-state index is 12.7. The Morgan fingerprint density at radius 2 is 1.88 bits per heavy atom. The molecule has 128 valence electrons. The Morgan fingerprint density at radius 1 is 1.12 bits per heavy atom. The van der Waals surface area contributed by atoms with Crippen LogP contribution in [0.15, 0.2) is 42.5 Å². The molecule has 0 bridgehead atoms. The average Bonchev–Trinajstić information content (AvgIpc) is 3.24. The summed E-state index contributed by atoms with van der Waals surface area (Å²) in [7, 11) is 3.26. The number of methoxy groups -OCH3 is 2. The van der Waals surface area contributed by atoms with Gasteiger partial charge in [-0.3, -0.25) is 4.79 Å². The van der Waals surface area contributed by atoms with Crippen LogP contribution in [0.1, 0.15) is 34.1 Å². The Bertz CT molecular complexity index is 912. The number of aryl methyl sites for hydroxylation is 1. The van der Waals surface area contributed by atoms with Crippen LogP contribution in [0.2, 0.25) is 0 Å². The smallest absolute Gasteiger partial charge is 0.268 e. The first kappa shape index (κ1) is 15.6. The van der Waals surface area contributed by atoms with Crippen molar-refractivity contribution in [1.82, 2.24) is 10.3 Å². The summed E-state index contributed by atoms with van der Waals surface area (Å²) in [5, 5.41) is 4.17.